The Balaban J connectivity index is 1.67. The lowest BCUT2D eigenvalue weighted by Gasteiger charge is -2.23. The van der Waals surface area contributed by atoms with Gasteiger partial charge in [-0.15, -0.1) is 0 Å². The third-order valence-corrected chi connectivity index (χ3v) is 4.57. The van der Waals surface area contributed by atoms with Crippen molar-refractivity contribution >= 4 is 23.2 Å². The lowest BCUT2D eigenvalue weighted by atomic mass is 10.2. The molecule has 0 aliphatic heterocycles. The molecule has 3 aromatic rings. The van der Waals surface area contributed by atoms with Gasteiger partial charge in [-0.05, 0) is 36.2 Å². The molecule has 0 saturated carbocycles. The molecule has 0 bridgehead atoms. The first-order valence-corrected chi connectivity index (χ1v) is 9.30. The van der Waals surface area contributed by atoms with Crippen molar-refractivity contribution < 1.29 is 4.79 Å². The summed E-state index contributed by atoms with van der Waals surface area (Å²) in [6, 6.07) is 19.6. The Morgan fingerprint density at radius 1 is 1.04 bits per heavy atom. The average Bonchev–Trinajstić information content (AvgIpc) is 2.72. The summed E-state index contributed by atoms with van der Waals surface area (Å²) < 4.78 is 0. The van der Waals surface area contributed by atoms with E-state index in [1.807, 2.05) is 48.5 Å². The minimum absolute atomic E-state index is 0.143. The van der Waals surface area contributed by atoms with Gasteiger partial charge < -0.3 is 10.2 Å². The number of nitrogens with one attached hydrogen (secondary N) is 1. The van der Waals surface area contributed by atoms with Crippen LogP contribution >= 0.6 is 11.6 Å². The van der Waals surface area contributed by atoms with E-state index in [2.05, 4.69) is 34.3 Å². The molecule has 1 amide bonds. The van der Waals surface area contributed by atoms with Crippen molar-refractivity contribution in [2.24, 2.45) is 0 Å². The van der Waals surface area contributed by atoms with Gasteiger partial charge in [-0.2, -0.15) is 0 Å². The molecule has 0 atom stereocenters. The Labute approximate surface area is 164 Å². The van der Waals surface area contributed by atoms with E-state index in [-0.39, 0.29) is 5.91 Å². The topological polar surface area (TPSA) is 45.2 Å². The minimum atomic E-state index is -0.143. The Kier molecular flexibility index (Phi) is 6.44. The molecule has 138 valence electrons. The number of benzene rings is 2. The van der Waals surface area contributed by atoms with Crippen LogP contribution in [-0.4, -0.2) is 17.4 Å². The van der Waals surface area contributed by atoms with Gasteiger partial charge in [0.2, 0.25) is 0 Å². The fourth-order valence-corrected chi connectivity index (χ4v) is 2.93. The fraction of sp³-hybridized carbons (Fsp3) is 0.182. The predicted octanol–water partition coefficient (Wildman–Crippen LogP) is 4.69. The van der Waals surface area contributed by atoms with Gasteiger partial charge in [0.15, 0.2) is 0 Å². The first-order chi connectivity index (χ1) is 13.2. The van der Waals surface area contributed by atoms with Gasteiger partial charge in [0.05, 0.1) is 17.4 Å². The molecule has 0 saturated heterocycles. The molecule has 1 aromatic heterocycles. The van der Waals surface area contributed by atoms with Gasteiger partial charge in [-0.25, -0.2) is 0 Å². The molecule has 3 rings (SSSR count). The van der Waals surface area contributed by atoms with E-state index in [0.717, 1.165) is 24.3 Å². The van der Waals surface area contributed by atoms with Crippen LogP contribution in [0.15, 0.2) is 73.1 Å². The lowest BCUT2D eigenvalue weighted by molar-refractivity contribution is 0.0950. The highest BCUT2D eigenvalue weighted by atomic mass is 35.5. The summed E-state index contributed by atoms with van der Waals surface area (Å²) in [7, 11) is 0. The molecular formula is C22H22ClN3O. The Hall–Kier alpha value is -2.85. The van der Waals surface area contributed by atoms with Crippen molar-refractivity contribution in [2.45, 2.75) is 20.0 Å². The number of carbonyl (C=O) groups excluding carboxylic acids is 1. The molecule has 4 nitrogen and oxygen atoms in total. The van der Waals surface area contributed by atoms with E-state index in [9.17, 15) is 4.79 Å². The third kappa shape index (κ3) is 5.31. The number of hydrogen-bond donors (Lipinski definition) is 1. The zero-order chi connectivity index (χ0) is 19.1. The highest BCUT2D eigenvalue weighted by Crippen LogP contribution is 2.18. The standard InChI is InChI=1S/C22H22ClN3O/c1-2-26(16-18-6-4-3-5-7-18)21-12-19(14-24-15-21)22(27)25-13-17-8-10-20(23)11-9-17/h3-12,14-15H,2,13,16H2,1H3,(H,25,27). The van der Waals surface area contributed by atoms with Crippen molar-refractivity contribution in [3.05, 3.63) is 94.8 Å². The molecule has 0 radical (unpaired) electrons. The van der Waals surface area contributed by atoms with Crippen molar-refractivity contribution in [1.82, 2.24) is 10.3 Å². The van der Waals surface area contributed by atoms with Gasteiger partial charge >= 0.3 is 0 Å². The fourth-order valence-electron chi connectivity index (χ4n) is 2.80. The minimum Gasteiger partial charge on any atom is -0.366 e. The summed E-state index contributed by atoms with van der Waals surface area (Å²) in [5.41, 5.74) is 3.70. The highest BCUT2D eigenvalue weighted by molar-refractivity contribution is 6.30. The first kappa shape index (κ1) is 18.9. The Morgan fingerprint density at radius 3 is 2.48 bits per heavy atom. The normalized spacial score (nSPS) is 10.4. The SMILES string of the molecule is CCN(Cc1ccccc1)c1cncc(C(=O)NCc2ccc(Cl)cc2)c1. The van der Waals surface area contributed by atoms with E-state index >= 15 is 0 Å². The van der Waals surface area contributed by atoms with E-state index in [0.29, 0.717) is 17.1 Å². The summed E-state index contributed by atoms with van der Waals surface area (Å²) in [4.78, 5) is 19.0. The first-order valence-electron chi connectivity index (χ1n) is 8.92. The number of nitrogens with zero attached hydrogens (tertiary/aromatic N) is 2. The van der Waals surface area contributed by atoms with Gasteiger partial charge in [-0.1, -0.05) is 54.1 Å². The Morgan fingerprint density at radius 2 is 1.78 bits per heavy atom. The van der Waals surface area contributed by atoms with Crippen LogP contribution in [0.4, 0.5) is 5.69 Å². The van der Waals surface area contributed by atoms with Crippen molar-refractivity contribution in [1.29, 1.82) is 0 Å². The van der Waals surface area contributed by atoms with Gasteiger partial charge in [0.1, 0.15) is 0 Å². The molecule has 0 fully saturated rings. The monoisotopic (exact) mass is 379 g/mol. The molecule has 0 aliphatic carbocycles. The van der Waals surface area contributed by atoms with Crippen molar-refractivity contribution in [3.8, 4) is 0 Å². The largest absolute Gasteiger partial charge is 0.366 e. The van der Waals surface area contributed by atoms with Crippen LogP contribution in [0.2, 0.25) is 5.02 Å². The zero-order valence-corrected chi connectivity index (χ0v) is 16.0. The Bertz CT molecular complexity index is 882. The molecule has 1 heterocycles. The maximum absolute atomic E-state index is 12.5. The number of hydrogen-bond acceptors (Lipinski definition) is 3. The van der Waals surface area contributed by atoms with E-state index in [4.69, 9.17) is 11.6 Å². The number of halogens is 1. The molecular weight excluding hydrogens is 358 g/mol. The number of amides is 1. The molecule has 0 aliphatic rings. The second-order valence-corrected chi connectivity index (χ2v) is 6.68. The van der Waals surface area contributed by atoms with Gasteiger partial charge in [0.25, 0.3) is 5.91 Å². The van der Waals surface area contributed by atoms with Crippen molar-refractivity contribution in [3.63, 3.8) is 0 Å². The summed E-state index contributed by atoms with van der Waals surface area (Å²) in [5.74, 6) is -0.143. The molecule has 0 unspecified atom stereocenters. The molecule has 2 aromatic carbocycles. The smallest absolute Gasteiger partial charge is 0.253 e. The number of aromatic nitrogens is 1. The summed E-state index contributed by atoms with van der Waals surface area (Å²) >= 11 is 5.89. The molecule has 27 heavy (non-hydrogen) atoms. The van der Waals surface area contributed by atoms with Crippen LogP contribution in [0.1, 0.15) is 28.4 Å². The zero-order valence-electron chi connectivity index (χ0n) is 15.2. The number of rotatable bonds is 7. The maximum atomic E-state index is 12.5. The van der Waals surface area contributed by atoms with Gasteiger partial charge in [0, 0.05) is 30.9 Å². The van der Waals surface area contributed by atoms with E-state index < -0.39 is 0 Å². The van der Waals surface area contributed by atoms with E-state index in [1.165, 1.54) is 5.56 Å². The van der Waals surface area contributed by atoms with Crippen molar-refractivity contribution in [2.75, 3.05) is 11.4 Å². The highest BCUT2D eigenvalue weighted by Gasteiger charge is 2.11. The molecule has 0 spiro atoms. The summed E-state index contributed by atoms with van der Waals surface area (Å²) in [6.07, 6.45) is 3.39. The van der Waals surface area contributed by atoms with Crippen LogP contribution in [0.5, 0.6) is 0 Å². The maximum Gasteiger partial charge on any atom is 0.253 e. The third-order valence-electron chi connectivity index (χ3n) is 4.32. The molecule has 1 N–H and O–H groups in total. The summed E-state index contributed by atoms with van der Waals surface area (Å²) in [6.45, 7) is 4.14. The number of pyridine rings is 1. The quantitative estimate of drug-likeness (QED) is 0.647. The van der Waals surface area contributed by atoms with Gasteiger partial charge in [-0.3, -0.25) is 9.78 Å². The van der Waals surface area contributed by atoms with Crippen LogP contribution in [-0.2, 0) is 13.1 Å². The lowest BCUT2D eigenvalue weighted by Crippen LogP contribution is -2.25. The van der Waals surface area contributed by atoms with Crippen LogP contribution < -0.4 is 10.2 Å². The van der Waals surface area contributed by atoms with E-state index in [1.54, 1.807) is 12.4 Å². The van der Waals surface area contributed by atoms with Crippen LogP contribution in [0, 0.1) is 0 Å². The number of anilines is 1. The average molecular weight is 380 g/mol. The van der Waals surface area contributed by atoms with Crippen LogP contribution in [0.25, 0.3) is 0 Å². The predicted molar refractivity (Wildman–Crippen MR) is 110 cm³/mol. The summed E-state index contributed by atoms with van der Waals surface area (Å²) in [5, 5.41) is 3.61. The number of carbonyl (C=O) groups is 1. The molecule has 5 heteroatoms. The second-order valence-electron chi connectivity index (χ2n) is 6.24. The second kappa shape index (κ2) is 9.19. The van der Waals surface area contributed by atoms with Crippen LogP contribution in [0.3, 0.4) is 0 Å².